The van der Waals surface area contributed by atoms with Crippen LogP contribution in [0.1, 0.15) is 63.9 Å². The van der Waals surface area contributed by atoms with Crippen LogP contribution in [0.25, 0.3) is 0 Å². The molecule has 0 unspecified atom stereocenters. The zero-order chi connectivity index (χ0) is 18.8. The van der Waals surface area contributed by atoms with E-state index in [-0.39, 0.29) is 36.6 Å². The van der Waals surface area contributed by atoms with E-state index < -0.39 is 0 Å². The van der Waals surface area contributed by atoms with E-state index in [9.17, 15) is 14.4 Å². The van der Waals surface area contributed by atoms with Crippen LogP contribution in [0.3, 0.4) is 0 Å². The van der Waals surface area contributed by atoms with E-state index in [1.807, 2.05) is 26.8 Å². The summed E-state index contributed by atoms with van der Waals surface area (Å²) in [5, 5.41) is 12.0. The predicted octanol–water partition coefficient (Wildman–Crippen LogP) is 2.98. The molecule has 0 saturated carbocycles. The minimum absolute atomic E-state index is 0.197. The molecule has 1 aromatic carbocycles. The van der Waals surface area contributed by atoms with Gasteiger partial charge in [0.05, 0.1) is 11.1 Å². The standard InChI is InChI=1S/C18H20N4O3S/c1-10(2)15-20-21-18(26-15)19-14(23)5-4-8-22-16(24)12-7-6-11(3)9-13(12)17(22)25/h6-7,9-10H,4-5,8H2,1-3H3,(H,19,21,23). The average molecular weight is 372 g/mol. The molecule has 0 spiro atoms. The van der Waals surface area contributed by atoms with Gasteiger partial charge < -0.3 is 5.32 Å². The Morgan fingerprint density at radius 1 is 1.19 bits per heavy atom. The maximum Gasteiger partial charge on any atom is 0.261 e. The van der Waals surface area contributed by atoms with Crippen molar-refractivity contribution in [3.8, 4) is 0 Å². The van der Waals surface area contributed by atoms with Crippen molar-refractivity contribution in [1.82, 2.24) is 15.1 Å². The van der Waals surface area contributed by atoms with Gasteiger partial charge in [-0.15, -0.1) is 10.2 Å². The van der Waals surface area contributed by atoms with Crippen LogP contribution >= 0.6 is 11.3 Å². The number of nitrogens with one attached hydrogen (secondary N) is 1. The first kappa shape index (κ1) is 18.2. The summed E-state index contributed by atoms with van der Waals surface area (Å²) in [4.78, 5) is 38.0. The van der Waals surface area contributed by atoms with Crippen molar-refractivity contribution in [3.63, 3.8) is 0 Å². The minimum atomic E-state index is -0.295. The van der Waals surface area contributed by atoms with Crippen molar-refractivity contribution in [3.05, 3.63) is 39.9 Å². The van der Waals surface area contributed by atoms with Gasteiger partial charge in [0, 0.05) is 18.9 Å². The highest BCUT2D eigenvalue weighted by atomic mass is 32.1. The number of hydrogen-bond donors (Lipinski definition) is 1. The third-order valence-electron chi connectivity index (χ3n) is 4.09. The zero-order valence-electron chi connectivity index (χ0n) is 14.9. The molecule has 0 aliphatic carbocycles. The first-order valence-corrected chi connectivity index (χ1v) is 9.28. The van der Waals surface area contributed by atoms with E-state index in [1.54, 1.807) is 12.1 Å². The van der Waals surface area contributed by atoms with Gasteiger partial charge in [0.25, 0.3) is 11.8 Å². The predicted molar refractivity (Wildman–Crippen MR) is 98.4 cm³/mol. The molecule has 0 radical (unpaired) electrons. The molecule has 26 heavy (non-hydrogen) atoms. The van der Waals surface area contributed by atoms with Gasteiger partial charge in [-0.1, -0.05) is 36.8 Å². The number of imide groups is 1. The van der Waals surface area contributed by atoms with Gasteiger partial charge in [0.15, 0.2) is 0 Å². The smallest absolute Gasteiger partial charge is 0.261 e. The molecule has 2 aromatic rings. The lowest BCUT2D eigenvalue weighted by molar-refractivity contribution is -0.116. The highest BCUT2D eigenvalue weighted by Gasteiger charge is 2.34. The molecule has 3 rings (SSSR count). The average Bonchev–Trinajstić information content (AvgIpc) is 3.14. The molecule has 7 nitrogen and oxygen atoms in total. The molecule has 1 N–H and O–H groups in total. The highest BCUT2D eigenvalue weighted by molar-refractivity contribution is 7.15. The van der Waals surface area contributed by atoms with Crippen LogP contribution in [0, 0.1) is 6.92 Å². The molecule has 1 aliphatic rings. The fourth-order valence-corrected chi connectivity index (χ4v) is 3.47. The first-order valence-electron chi connectivity index (χ1n) is 8.47. The summed E-state index contributed by atoms with van der Waals surface area (Å²) in [6.07, 6.45) is 0.592. The second-order valence-corrected chi connectivity index (χ2v) is 7.57. The summed E-state index contributed by atoms with van der Waals surface area (Å²) in [7, 11) is 0. The fourth-order valence-electron chi connectivity index (χ4n) is 2.71. The number of fused-ring (bicyclic) bond motifs is 1. The van der Waals surface area contributed by atoms with Crippen LogP contribution in [0.5, 0.6) is 0 Å². The Morgan fingerprint density at radius 3 is 2.62 bits per heavy atom. The highest BCUT2D eigenvalue weighted by Crippen LogP contribution is 2.25. The van der Waals surface area contributed by atoms with Crippen LogP contribution in [0.15, 0.2) is 18.2 Å². The number of aromatic nitrogens is 2. The molecular weight excluding hydrogens is 352 g/mol. The second-order valence-electron chi connectivity index (χ2n) is 6.56. The molecule has 0 saturated heterocycles. The number of nitrogens with zero attached hydrogens (tertiary/aromatic N) is 3. The monoisotopic (exact) mass is 372 g/mol. The van der Waals surface area contributed by atoms with Gasteiger partial charge in [-0.3, -0.25) is 19.3 Å². The van der Waals surface area contributed by atoms with Crippen LogP contribution < -0.4 is 5.32 Å². The fraction of sp³-hybridized carbons (Fsp3) is 0.389. The Labute approximate surface area is 155 Å². The van der Waals surface area contributed by atoms with Gasteiger partial charge >= 0.3 is 0 Å². The van der Waals surface area contributed by atoms with Crippen molar-refractivity contribution < 1.29 is 14.4 Å². The Balaban J connectivity index is 1.52. The summed E-state index contributed by atoms with van der Waals surface area (Å²) in [5.74, 6) is -0.532. The van der Waals surface area contributed by atoms with Gasteiger partial charge in [-0.25, -0.2) is 0 Å². The van der Waals surface area contributed by atoms with Crippen LogP contribution in [-0.4, -0.2) is 39.4 Å². The van der Waals surface area contributed by atoms with Crippen LogP contribution in [0.2, 0.25) is 0 Å². The maximum atomic E-state index is 12.4. The lowest BCUT2D eigenvalue weighted by atomic mass is 10.1. The number of carbonyl (C=O) groups is 3. The largest absolute Gasteiger partial charge is 0.301 e. The molecule has 1 aliphatic heterocycles. The summed E-state index contributed by atoms with van der Waals surface area (Å²) in [6, 6.07) is 5.22. The number of benzene rings is 1. The SMILES string of the molecule is Cc1ccc2c(c1)C(=O)N(CCCC(=O)Nc1nnc(C(C)C)s1)C2=O. The van der Waals surface area contributed by atoms with E-state index in [4.69, 9.17) is 0 Å². The summed E-state index contributed by atoms with van der Waals surface area (Å²) >= 11 is 1.35. The quantitative estimate of drug-likeness (QED) is 0.787. The van der Waals surface area contributed by atoms with Crippen molar-refractivity contribution in [1.29, 1.82) is 0 Å². The van der Waals surface area contributed by atoms with Crippen LogP contribution in [0.4, 0.5) is 5.13 Å². The molecule has 136 valence electrons. The number of hydrogen-bond acceptors (Lipinski definition) is 6. The number of amides is 3. The summed E-state index contributed by atoms with van der Waals surface area (Å²) in [5.41, 5.74) is 1.80. The Hall–Kier alpha value is -2.61. The molecule has 0 bridgehead atoms. The van der Waals surface area contributed by atoms with E-state index in [1.165, 1.54) is 16.2 Å². The summed E-state index contributed by atoms with van der Waals surface area (Å²) in [6.45, 7) is 6.11. The lowest BCUT2D eigenvalue weighted by Gasteiger charge is -2.13. The molecule has 3 amide bonds. The minimum Gasteiger partial charge on any atom is -0.301 e. The topological polar surface area (TPSA) is 92.3 Å². The van der Waals surface area contributed by atoms with Crippen molar-refractivity contribution in [2.45, 2.75) is 39.5 Å². The third kappa shape index (κ3) is 3.65. The Kier molecular flexibility index (Phi) is 5.13. The van der Waals surface area contributed by atoms with Crippen LogP contribution in [-0.2, 0) is 4.79 Å². The van der Waals surface area contributed by atoms with E-state index in [0.29, 0.717) is 22.7 Å². The van der Waals surface area contributed by atoms with E-state index in [2.05, 4.69) is 15.5 Å². The Morgan fingerprint density at radius 2 is 1.92 bits per heavy atom. The van der Waals surface area contributed by atoms with Crippen molar-refractivity contribution in [2.24, 2.45) is 0 Å². The van der Waals surface area contributed by atoms with Gasteiger partial charge in [0.2, 0.25) is 11.0 Å². The summed E-state index contributed by atoms with van der Waals surface area (Å²) < 4.78 is 0. The van der Waals surface area contributed by atoms with E-state index in [0.717, 1.165) is 10.6 Å². The molecule has 0 fully saturated rings. The second kappa shape index (κ2) is 7.33. The maximum absolute atomic E-state index is 12.4. The van der Waals surface area contributed by atoms with Gasteiger partial charge in [-0.2, -0.15) is 0 Å². The molecule has 8 heteroatoms. The van der Waals surface area contributed by atoms with Gasteiger partial charge in [-0.05, 0) is 25.5 Å². The first-order chi connectivity index (χ1) is 12.4. The molecular formula is C18H20N4O3S. The number of rotatable bonds is 6. The lowest BCUT2D eigenvalue weighted by Crippen LogP contribution is -2.31. The molecule has 1 aromatic heterocycles. The third-order valence-corrected chi connectivity index (χ3v) is 5.23. The normalized spacial score (nSPS) is 13.5. The van der Waals surface area contributed by atoms with Gasteiger partial charge in [0.1, 0.15) is 5.01 Å². The van der Waals surface area contributed by atoms with Crippen molar-refractivity contribution >= 4 is 34.2 Å². The molecule has 0 atom stereocenters. The van der Waals surface area contributed by atoms with E-state index >= 15 is 0 Å². The number of aryl methyl sites for hydroxylation is 1. The zero-order valence-corrected chi connectivity index (χ0v) is 15.7. The van der Waals surface area contributed by atoms with Crippen molar-refractivity contribution in [2.75, 3.05) is 11.9 Å². The number of anilines is 1. The Bertz CT molecular complexity index is 875. The molecule has 2 heterocycles. The number of carbonyl (C=O) groups excluding carboxylic acids is 3.